The molecule has 0 unspecified atom stereocenters. The maximum Gasteiger partial charge on any atom is 0.410 e. The number of carbonyl (C=O) groups is 3. The summed E-state index contributed by atoms with van der Waals surface area (Å²) in [5.41, 5.74) is 0.00156. The van der Waals surface area contributed by atoms with Crippen LogP contribution in [0.15, 0.2) is 18.2 Å². The van der Waals surface area contributed by atoms with E-state index in [2.05, 4.69) is 10.6 Å². The van der Waals surface area contributed by atoms with Crippen molar-refractivity contribution in [1.82, 2.24) is 15.5 Å². The molecular formula is C23H33Cl2N3O5. The Balaban J connectivity index is 2.15. The van der Waals surface area contributed by atoms with Gasteiger partial charge in [0.2, 0.25) is 11.8 Å². The predicted molar refractivity (Wildman–Crippen MR) is 127 cm³/mol. The minimum Gasteiger partial charge on any atom is -0.444 e. The van der Waals surface area contributed by atoms with Crippen LogP contribution in [0.5, 0.6) is 0 Å². The fourth-order valence-corrected chi connectivity index (χ4v) is 3.89. The molecule has 1 aliphatic heterocycles. The summed E-state index contributed by atoms with van der Waals surface area (Å²) in [5.74, 6) is -0.699. The molecule has 0 spiro atoms. The van der Waals surface area contributed by atoms with Crippen molar-refractivity contribution in [1.29, 1.82) is 0 Å². The molecule has 1 aliphatic rings. The molecule has 1 fully saturated rings. The van der Waals surface area contributed by atoms with Gasteiger partial charge in [-0.3, -0.25) is 9.59 Å². The summed E-state index contributed by atoms with van der Waals surface area (Å²) in [5, 5.41) is 17.2. The van der Waals surface area contributed by atoms with Gasteiger partial charge in [-0.05, 0) is 64.2 Å². The Labute approximate surface area is 204 Å². The number of hydrogen-bond donors (Lipinski definition) is 3. The first-order valence-corrected chi connectivity index (χ1v) is 11.8. The predicted octanol–water partition coefficient (Wildman–Crippen LogP) is 3.31. The molecule has 1 saturated heterocycles. The third-order valence-corrected chi connectivity index (χ3v) is 6.06. The number of hydrogen-bond acceptors (Lipinski definition) is 5. The normalized spacial score (nSPS) is 18.5. The zero-order chi connectivity index (χ0) is 24.8. The number of rotatable bonds is 7. The van der Waals surface area contributed by atoms with Gasteiger partial charge in [-0.1, -0.05) is 29.3 Å². The molecule has 8 nitrogen and oxygen atoms in total. The third kappa shape index (κ3) is 8.68. The van der Waals surface area contributed by atoms with Crippen molar-refractivity contribution in [3.05, 3.63) is 33.8 Å². The number of benzene rings is 1. The standard InChI is InChI=1S/C23H33Cl2N3O5/c1-23(2,3)33-22(32)28(4)18(12-14-8-9-15(24)16(25)11-14)19(29)13-20(30)27-17-7-5-6-10-26-21(17)31/h8-9,11,17-19,29H,5-7,10,12-13H2,1-4H3,(H,26,31)(H,27,30)/t17-,18-,19-/m1/s1. The lowest BCUT2D eigenvalue weighted by molar-refractivity contribution is -0.130. The van der Waals surface area contributed by atoms with Crippen LogP contribution in [0, 0.1) is 0 Å². The highest BCUT2D eigenvalue weighted by Gasteiger charge is 2.33. The molecule has 33 heavy (non-hydrogen) atoms. The summed E-state index contributed by atoms with van der Waals surface area (Å²) < 4.78 is 5.44. The van der Waals surface area contributed by atoms with Crippen LogP contribution in [0.3, 0.4) is 0 Å². The first kappa shape index (κ1) is 27.2. The molecular weight excluding hydrogens is 469 g/mol. The highest BCUT2D eigenvalue weighted by atomic mass is 35.5. The SMILES string of the molecule is CN(C(=O)OC(C)(C)C)[C@H](Cc1ccc(Cl)c(Cl)c1)[C@H](O)CC(=O)N[C@@H]1CCCCNC1=O. The van der Waals surface area contributed by atoms with Crippen LogP contribution in [0.4, 0.5) is 4.79 Å². The average molecular weight is 502 g/mol. The van der Waals surface area contributed by atoms with E-state index < -0.39 is 35.8 Å². The first-order valence-electron chi connectivity index (χ1n) is 11.0. The number of likely N-dealkylation sites (N-methyl/N-ethyl adjacent to an activating group) is 1. The Bertz CT molecular complexity index is 859. The van der Waals surface area contributed by atoms with Gasteiger partial charge in [-0.25, -0.2) is 4.79 Å². The van der Waals surface area contributed by atoms with Crippen LogP contribution in [-0.4, -0.2) is 65.3 Å². The fourth-order valence-electron chi connectivity index (χ4n) is 3.56. The molecule has 0 aliphatic carbocycles. The van der Waals surface area contributed by atoms with Gasteiger partial charge in [0.05, 0.1) is 28.6 Å². The van der Waals surface area contributed by atoms with Gasteiger partial charge in [0.25, 0.3) is 0 Å². The van der Waals surface area contributed by atoms with E-state index in [0.29, 0.717) is 23.0 Å². The molecule has 0 bridgehead atoms. The maximum atomic E-state index is 12.7. The van der Waals surface area contributed by atoms with E-state index in [1.54, 1.807) is 39.0 Å². The van der Waals surface area contributed by atoms with Crippen molar-refractivity contribution < 1.29 is 24.2 Å². The summed E-state index contributed by atoms with van der Waals surface area (Å²) in [6.07, 6.45) is 0.285. The minimum atomic E-state index is -1.22. The summed E-state index contributed by atoms with van der Waals surface area (Å²) in [4.78, 5) is 38.7. The smallest absolute Gasteiger partial charge is 0.410 e. The van der Waals surface area contributed by atoms with E-state index in [1.165, 1.54) is 11.9 Å². The van der Waals surface area contributed by atoms with Crippen molar-refractivity contribution in [2.45, 2.75) is 76.7 Å². The van der Waals surface area contributed by atoms with E-state index in [4.69, 9.17) is 27.9 Å². The summed E-state index contributed by atoms with van der Waals surface area (Å²) in [6.45, 7) is 5.82. The quantitative estimate of drug-likeness (QED) is 0.531. The Morgan fingerprint density at radius 1 is 1.27 bits per heavy atom. The topological polar surface area (TPSA) is 108 Å². The summed E-state index contributed by atoms with van der Waals surface area (Å²) in [7, 11) is 1.51. The van der Waals surface area contributed by atoms with E-state index in [-0.39, 0.29) is 18.7 Å². The second kappa shape index (κ2) is 11.9. The molecule has 1 aromatic rings. The number of nitrogens with zero attached hydrogens (tertiary/aromatic N) is 1. The third-order valence-electron chi connectivity index (χ3n) is 5.32. The lowest BCUT2D eigenvalue weighted by Gasteiger charge is -2.33. The number of ether oxygens (including phenoxy) is 1. The molecule has 1 aromatic carbocycles. The van der Waals surface area contributed by atoms with E-state index in [1.807, 2.05) is 0 Å². The van der Waals surface area contributed by atoms with Crippen LogP contribution in [-0.2, 0) is 20.7 Å². The molecule has 3 atom stereocenters. The summed E-state index contributed by atoms with van der Waals surface area (Å²) in [6, 6.07) is 3.61. The Kier molecular flexibility index (Phi) is 9.82. The zero-order valence-corrected chi connectivity index (χ0v) is 21.0. The van der Waals surface area contributed by atoms with Gasteiger partial charge >= 0.3 is 6.09 Å². The van der Waals surface area contributed by atoms with E-state index in [0.717, 1.165) is 18.4 Å². The lowest BCUT2D eigenvalue weighted by atomic mass is 9.97. The van der Waals surface area contributed by atoms with Crippen molar-refractivity contribution in [2.75, 3.05) is 13.6 Å². The van der Waals surface area contributed by atoms with Gasteiger partial charge in [0.1, 0.15) is 11.6 Å². The molecule has 0 saturated carbocycles. The van der Waals surface area contributed by atoms with Crippen molar-refractivity contribution >= 4 is 41.1 Å². The first-order chi connectivity index (χ1) is 15.4. The number of aliphatic hydroxyl groups excluding tert-OH is 1. The van der Waals surface area contributed by atoms with Crippen molar-refractivity contribution in [3.63, 3.8) is 0 Å². The van der Waals surface area contributed by atoms with Crippen LogP contribution in [0.25, 0.3) is 0 Å². The monoisotopic (exact) mass is 501 g/mol. The Morgan fingerprint density at radius 2 is 1.97 bits per heavy atom. The Morgan fingerprint density at radius 3 is 2.61 bits per heavy atom. The van der Waals surface area contributed by atoms with Gasteiger partial charge in [0, 0.05) is 13.6 Å². The maximum absolute atomic E-state index is 12.7. The highest BCUT2D eigenvalue weighted by Crippen LogP contribution is 2.25. The lowest BCUT2D eigenvalue weighted by Crippen LogP contribution is -2.51. The minimum absolute atomic E-state index is 0.213. The van der Waals surface area contributed by atoms with Gasteiger partial charge < -0.3 is 25.4 Å². The highest BCUT2D eigenvalue weighted by molar-refractivity contribution is 6.42. The molecule has 184 valence electrons. The zero-order valence-electron chi connectivity index (χ0n) is 19.5. The number of aliphatic hydroxyl groups is 1. The number of carbonyl (C=O) groups excluding carboxylic acids is 3. The number of halogens is 2. The second-order valence-corrected chi connectivity index (χ2v) is 10.1. The average Bonchev–Trinajstić information content (AvgIpc) is 2.91. The molecule has 0 radical (unpaired) electrons. The van der Waals surface area contributed by atoms with Gasteiger partial charge in [-0.15, -0.1) is 0 Å². The van der Waals surface area contributed by atoms with Crippen LogP contribution >= 0.6 is 23.2 Å². The van der Waals surface area contributed by atoms with Crippen LogP contribution in [0.1, 0.15) is 52.0 Å². The summed E-state index contributed by atoms with van der Waals surface area (Å²) >= 11 is 12.1. The number of nitrogens with one attached hydrogen (secondary N) is 2. The Hall–Kier alpha value is -2.03. The van der Waals surface area contributed by atoms with Gasteiger partial charge in [0.15, 0.2) is 0 Å². The molecule has 1 heterocycles. The molecule has 3 N–H and O–H groups in total. The van der Waals surface area contributed by atoms with Gasteiger partial charge in [-0.2, -0.15) is 0 Å². The van der Waals surface area contributed by atoms with Crippen LogP contribution < -0.4 is 10.6 Å². The molecule has 10 heteroatoms. The van der Waals surface area contributed by atoms with Crippen molar-refractivity contribution in [2.24, 2.45) is 0 Å². The molecule has 3 amide bonds. The van der Waals surface area contributed by atoms with Crippen molar-refractivity contribution in [3.8, 4) is 0 Å². The van der Waals surface area contributed by atoms with E-state index >= 15 is 0 Å². The molecule has 2 rings (SSSR count). The molecule has 0 aromatic heterocycles. The van der Waals surface area contributed by atoms with Crippen LogP contribution in [0.2, 0.25) is 10.0 Å². The van der Waals surface area contributed by atoms with E-state index in [9.17, 15) is 19.5 Å². The fraction of sp³-hybridized carbons (Fsp3) is 0.609. The second-order valence-electron chi connectivity index (χ2n) is 9.29. The largest absolute Gasteiger partial charge is 0.444 e. The number of amides is 3.